The van der Waals surface area contributed by atoms with Crippen LogP contribution < -0.4 is 5.32 Å². The molecule has 0 aromatic rings. The van der Waals surface area contributed by atoms with Gasteiger partial charge in [0.2, 0.25) is 0 Å². The molecule has 62 valence electrons. The molecule has 0 spiro atoms. The summed E-state index contributed by atoms with van der Waals surface area (Å²) in [5.74, 6) is 0. The van der Waals surface area contributed by atoms with E-state index < -0.39 is 6.41 Å². The highest BCUT2D eigenvalue weighted by atomic mass is 32.1. The minimum Gasteiger partial charge on any atom is -0.446 e. The Morgan fingerprint density at radius 2 is 1.91 bits per heavy atom. The number of ether oxygens (including phenoxy) is 2. The highest BCUT2D eigenvalue weighted by Gasteiger charge is 2.04. The summed E-state index contributed by atoms with van der Waals surface area (Å²) < 4.78 is 9.91. The summed E-state index contributed by atoms with van der Waals surface area (Å²) in [5, 5.41) is 2.59. The summed E-state index contributed by atoms with van der Waals surface area (Å²) in [6, 6.07) is 0. The molecule has 0 aliphatic carbocycles. The van der Waals surface area contributed by atoms with Gasteiger partial charge in [0.1, 0.15) is 4.32 Å². The van der Waals surface area contributed by atoms with Gasteiger partial charge in [-0.15, -0.1) is 12.6 Å². The SMILES string of the molecule is C=COC(NC(=S)S)OC=C. The largest absolute Gasteiger partial charge is 0.446 e. The zero-order valence-electron chi connectivity index (χ0n) is 5.82. The van der Waals surface area contributed by atoms with Crippen LogP contribution in [0.2, 0.25) is 0 Å². The first kappa shape index (κ1) is 10.3. The van der Waals surface area contributed by atoms with Crippen LogP contribution in [0.5, 0.6) is 0 Å². The molecule has 3 nitrogen and oxygen atoms in total. The fourth-order valence-electron chi connectivity index (χ4n) is 0.376. The molecular weight excluding hydrogens is 182 g/mol. The van der Waals surface area contributed by atoms with Crippen LogP contribution in [-0.2, 0) is 9.47 Å². The molecule has 0 aliphatic heterocycles. The third-order valence-corrected chi connectivity index (χ3v) is 0.928. The van der Waals surface area contributed by atoms with Gasteiger partial charge in [-0.2, -0.15) is 0 Å². The zero-order chi connectivity index (χ0) is 8.69. The molecule has 11 heavy (non-hydrogen) atoms. The van der Waals surface area contributed by atoms with Gasteiger partial charge < -0.3 is 14.8 Å². The van der Waals surface area contributed by atoms with Gasteiger partial charge in [-0.25, -0.2) is 0 Å². The fraction of sp³-hybridized carbons (Fsp3) is 0.167. The van der Waals surface area contributed by atoms with Crippen molar-refractivity contribution in [2.24, 2.45) is 0 Å². The van der Waals surface area contributed by atoms with Crippen molar-refractivity contribution in [3.63, 3.8) is 0 Å². The maximum absolute atomic E-state index is 4.82. The first-order chi connectivity index (χ1) is 5.20. The van der Waals surface area contributed by atoms with Crippen molar-refractivity contribution in [2.45, 2.75) is 6.41 Å². The molecule has 0 saturated heterocycles. The number of hydrogen-bond donors (Lipinski definition) is 2. The van der Waals surface area contributed by atoms with E-state index in [0.717, 1.165) is 0 Å². The normalized spacial score (nSPS) is 8.55. The molecule has 0 heterocycles. The Bertz CT molecular complexity index is 151. The van der Waals surface area contributed by atoms with Gasteiger partial charge >= 0.3 is 6.41 Å². The summed E-state index contributed by atoms with van der Waals surface area (Å²) in [7, 11) is 0. The lowest BCUT2D eigenvalue weighted by Gasteiger charge is -2.15. The molecular formula is C6H9NO2S2. The van der Waals surface area contributed by atoms with Gasteiger partial charge in [0.25, 0.3) is 0 Å². The van der Waals surface area contributed by atoms with Crippen LogP contribution in [0.1, 0.15) is 0 Å². The second kappa shape index (κ2) is 6.06. The second-order valence-corrected chi connectivity index (χ2v) is 2.54. The molecule has 0 bridgehead atoms. The summed E-state index contributed by atoms with van der Waals surface area (Å²) >= 11 is 8.44. The number of hydrogen-bond acceptors (Lipinski definition) is 3. The predicted molar refractivity (Wildman–Crippen MR) is 51.1 cm³/mol. The molecule has 0 fully saturated rings. The van der Waals surface area contributed by atoms with Gasteiger partial charge in [0.15, 0.2) is 0 Å². The van der Waals surface area contributed by atoms with E-state index in [-0.39, 0.29) is 4.32 Å². The van der Waals surface area contributed by atoms with Crippen molar-refractivity contribution in [3.05, 3.63) is 25.7 Å². The lowest BCUT2D eigenvalue weighted by molar-refractivity contribution is -0.0696. The van der Waals surface area contributed by atoms with Crippen LogP contribution >= 0.6 is 24.8 Å². The van der Waals surface area contributed by atoms with Crippen LogP contribution in [0.4, 0.5) is 0 Å². The highest BCUT2D eigenvalue weighted by Crippen LogP contribution is 1.93. The monoisotopic (exact) mass is 191 g/mol. The molecule has 0 saturated carbocycles. The molecule has 5 heteroatoms. The minimum atomic E-state index is -0.699. The van der Waals surface area contributed by atoms with Gasteiger partial charge in [-0.05, 0) is 0 Å². The Labute approximate surface area is 76.5 Å². The van der Waals surface area contributed by atoms with Gasteiger partial charge in [-0.3, -0.25) is 0 Å². The number of thiol groups is 1. The Hall–Kier alpha value is -0.680. The van der Waals surface area contributed by atoms with E-state index >= 15 is 0 Å². The second-order valence-electron chi connectivity index (χ2n) is 1.39. The van der Waals surface area contributed by atoms with Gasteiger partial charge in [0, 0.05) is 0 Å². The molecule has 0 radical (unpaired) electrons. The van der Waals surface area contributed by atoms with Crippen molar-refractivity contribution in [1.82, 2.24) is 5.32 Å². The Balaban J connectivity index is 3.76. The van der Waals surface area contributed by atoms with Crippen molar-refractivity contribution < 1.29 is 9.47 Å². The molecule has 0 aromatic heterocycles. The van der Waals surface area contributed by atoms with E-state index in [1.807, 2.05) is 0 Å². The first-order valence-electron chi connectivity index (χ1n) is 2.73. The maximum atomic E-state index is 4.82. The molecule has 0 aliphatic rings. The molecule has 0 atom stereocenters. The van der Waals surface area contributed by atoms with Crippen molar-refractivity contribution in [3.8, 4) is 0 Å². The first-order valence-corrected chi connectivity index (χ1v) is 3.58. The fourth-order valence-corrected chi connectivity index (χ4v) is 0.577. The average molecular weight is 191 g/mol. The van der Waals surface area contributed by atoms with Gasteiger partial charge in [-0.1, -0.05) is 25.4 Å². The summed E-state index contributed by atoms with van der Waals surface area (Å²) in [4.78, 5) is 0. The maximum Gasteiger partial charge on any atom is 0.324 e. The van der Waals surface area contributed by atoms with Crippen LogP contribution in [0.25, 0.3) is 0 Å². The topological polar surface area (TPSA) is 30.5 Å². The zero-order valence-corrected chi connectivity index (χ0v) is 7.53. The van der Waals surface area contributed by atoms with Crippen LogP contribution in [0.15, 0.2) is 25.7 Å². The van der Waals surface area contributed by atoms with Crippen LogP contribution in [0.3, 0.4) is 0 Å². The van der Waals surface area contributed by atoms with E-state index in [9.17, 15) is 0 Å². The Kier molecular flexibility index (Phi) is 5.68. The van der Waals surface area contributed by atoms with E-state index in [0.29, 0.717) is 0 Å². The lowest BCUT2D eigenvalue weighted by Crippen LogP contribution is -2.33. The van der Waals surface area contributed by atoms with Crippen LogP contribution in [0, 0.1) is 0 Å². The lowest BCUT2D eigenvalue weighted by atomic mass is 10.9. The summed E-state index contributed by atoms with van der Waals surface area (Å²) in [5.41, 5.74) is 0. The van der Waals surface area contributed by atoms with Gasteiger partial charge in [0.05, 0.1) is 12.5 Å². The van der Waals surface area contributed by atoms with E-state index in [4.69, 9.17) is 9.47 Å². The van der Waals surface area contributed by atoms with E-state index in [2.05, 4.69) is 43.3 Å². The minimum absolute atomic E-state index is 0.277. The average Bonchev–Trinajstić information content (AvgIpc) is 1.87. The molecule has 0 unspecified atom stereocenters. The molecule has 0 rings (SSSR count). The van der Waals surface area contributed by atoms with Crippen molar-refractivity contribution in [2.75, 3.05) is 0 Å². The third kappa shape index (κ3) is 5.75. The molecule has 1 N–H and O–H groups in total. The molecule has 0 aromatic carbocycles. The van der Waals surface area contributed by atoms with Crippen LogP contribution in [-0.4, -0.2) is 10.7 Å². The van der Waals surface area contributed by atoms with Crippen molar-refractivity contribution >= 4 is 29.2 Å². The Morgan fingerprint density at radius 3 is 2.18 bits per heavy atom. The summed E-state index contributed by atoms with van der Waals surface area (Å²) in [6.45, 7) is 6.69. The third-order valence-electron chi connectivity index (χ3n) is 0.681. The quantitative estimate of drug-likeness (QED) is 0.297. The standard InChI is InChI=1S/C6H9NO2S2/c1-3-8-5(9-4-2)7-6(10)11/h3-5H,1-2H2,(H2,7,10,11). The number of rotatable bonds is 5. The van der Waals surface area contributed by atoms with E-state index in [1.54, 1.807) is 0 Å². The number of nitrogens with one attached hydrogen (secondary N) is 1. The Morgan fingerprint density at radius 1 is 1.45 bits per heavy atom. The van der Waals surface area contributed by atoms with E-state index in [1.165, 1.54) is 12.5 Å². The highest BCUT2D eigenvalue weighted by molar-refractivity contribution is 8.11. The number of thiocarbonyl (C=S) groups is 1. The van der Waals surface area contributed by atoms with Crippen molar-refractivity contribution in [1.29, 1.82) is 0 Å². The predicted octanol–water partition coefficient (Wildman–Crippen LogP) is 1.39. The molecule has 0 amide bonds. The smallest absolute Gasteiger partial charge is 0.324 e. The summed E-state index contributed by atoms with van der Waals surface area (Å²) in [6.07, 6.45) is 1.76.